The molecule has 0 radical (unpaired) electrons. The van der Waals surface area contributed by atoms with Crippen molar-refractivity contribution in [3.63, 3.8) is 0 Å². The molecule has 0 aromatic carbocycles. The molecule has 0 aliphatic carbocycles. The number of aryl methyl sites for hydroxylation is 2. The monoisotopic (exact) mass is 270 g/mol. The number of nitrogens with zero attached hydrogens (tertiary/aromatic N) is 1. The summed E-state index contributed by atoms with van der Waals surface area (Å²) in [4.78, 5) is 6.29. The fourth-order valence-electron chi connectivity index (χ4n) is 2.49. The minimum absolute atomic E-state index is 0.169. The second kappa shape index (κ2) is 5.72. The Kier molecular flexibility index (Phi) is 4.50. The standard InChI is InChI=1S/C13H22N2S2/c1-4-11-10(3)17-12(15-11)13(14-5-2)6-8-16-9-7-13/h14H,4-9H2,1-3H3. The predicted molar refractivity (Wildman–Crippen MR) is 78.1 cm³/mol. The first-order valence-corrected chi connectivity index (χ1v) is 8.48. The van der Waals surface area contributed by atoms with E-state index in [1.165, 1.54) is 39.9 Å². The van der Waals surface area contributed by atoms with Gasteiger partial charge in [-0.25, -0.2) is 4.98 Å². The number of nitrogens with one attached hydrogen (secondary N) is 1. The zero-order valence-electron chi connectivity index (χ0n) is 11.0. The minimum atomic E-state index is 0.169. The van der Waals surface area contributed by atoms with Gasteiger partial charge in [0.05, 0.1) is 11.2 Å². The van der Waals surface area contributed by atoms with Gasteiger partial charge in [0, 0.05) is 4.88 Å². The van der Waals surface area contributed by atoms with Crippen LogP contribution in [0.5, 0.6) is 0 Å². The Morgan fingerprint density at radius 1 is 1.29 bits per heavy atom. The summed E-state index contributed by atoms with van der Waals surface area (Å²) in [6, 6.07) is 0. The molecule has 4 heteroatoms. The summed E-state index contributed by atoms with van der Waals surface area (Å²) in [5, 5.41) is 5.04. The minimum Gasteiger partial charge on any atom is -0.306 e. The van der Waals surface area contributed by atoms with Gasteiger partial charge in [-0.1, -0.05) is 13.8 Å². The molecule has 1 saturated heterocycles. The molecule has 0 spiro atoms. The largest absolute Gasteiger partial charge is 0.306 e. The summed E-state index contributed by atoms with van der Waals surface area (Å²) >= 11 is 3.97. The van der Waals surface area contributed by atoms with Crippen molar-refractivity contribution in [1.82, 2.24) is 10.3 Å². The molecule has 1 aromatic heterocycles. The summed E-state index contributed by atoms with van der Waals surface area (Å²) in [5.74, 6) is 2.51. The first-order valence-electron chi connectivity index (χ1n) is 6.51. The van der Waals surface area contributed by atoms with Crippen molar-refractivity contribution in [2.24, 2.45) is 0 Å². The molecular weight excluding hydrogens is 248 g/mol. The SMILES string of the molecule is CCNC1(c2nc(CC)c(C)s2)CCSCC1. The highest BCUT2D eigenvalue weighted by Crippen LogP contribution is 2.38. The highest BCUT2D eigenvalue weighted by Gasteiger charge is 2.36. The van der Waals surface area contributed by atoms with Gasteiger partial charge < -0.3 is 5.32 Å². The van der Waals surface area contributed by atoms with Crippen molar-refractivity contribution in [1.29, 1.82) is 0 Å². The smallest absolute Gasteiger partial charge is 0.113 e. The molecule has 0 saturated carbocycles. The Labute approximate surface area is 113 Å². The first-order chi connectivity index (χ1) is 8.22. The number of hydrogen-bond donors (Lipinski definition) is 1. The van der Waals surface area contributed by atoms with E-state index >= 15 is 0 Å². The maximum Gasteiger partial charge on any atom is 0.113 e. The van der Waals surface area contributed by atoms with Crippen molar-refractivity contribution >= 4 is 23.1 Å². The van der Waals surface area contributed by atoms with E-state index in [1.807, 2.05) is 11.3 Å². The summed E-state index contributed by atoms with van der Waals surface area (Å²) in [6.45, 7) is 7.63. The van der Waals surface area contributed by atoms with E-state index < -0.39 is 0 Å². The third-order valence-corrected chi connectivity index (χ3v) is 5.70. The second-order valence-corrected chi connectivity index (χ2v) is 7.03. The van der Waals surface area contributed by atoms with Crippen LogP contribution in [0.3, 0.4) is 0 Å². The molecular formula is C13H22N2S2. The van der Waals surface area contributed by atoms with E-state index in [9.17, 15) is 0 Å². The molecule has 1 aliphatic rings. The van der Waals surface area contributed by atoms with Crippen LogP contribution in [0.1, 0.15) is 42.3 Å². The number of thiazole rings is 1. The number of rotatable bonds is 4. The Hall–Kier alpha value is -0.0600. The van der Waals surface area contributed by atoms with Gasteiger partial charge in [-0.05, 0) is 44.2 Å². The summed E-state index contributed by atoms with van der Waals surface area (Å²) in [5.41, 5.74) is 1.46. The molecule has 2 nitrogen and oxygen atoms in total. The maximum atomic E-state index is 4.89. The van der Waals surface area contributed by atoms with E-state index in [0.717, 1.165) is 13.0 Å². The van der Waals surface area contributed by atoms with Gasteiger partial charge in [0.2, 0.25) is 0 Å². The van der Waals surface area contributed by atoms with Crippen LogP contribution >= 0.6 is 23.1 Å². The van der Waals surface area contributed by atoms with Crippen LogP contribution in [-0.2, 0) is 12.0 Å². The molecule has 1 N–H and O–H groups in total. The highest BCUT2D eigenvalue weighted by molar-refractivity contribution is 7.99. The number of hydrogen-bond acceptors (Lipinski definition) is 4. The van der Waals surface area contributed by atoms with Crippen molar-refractivity contribution < 1.29 is 0 Å². The van der Waals surface area contributed by atoms with Crippen molar-refractivity contribution in [2.45, 2.75) is 45.6 Å². The van der Waals surface area contributed by atoms with Gasteiger partial charge in [0.15, 0.2) is 0 Å². The van der Waals surface area contributed by atoms with Crippen LogP contribution < -0.4 is 5.32 Å². The van der Waals surface area contributed by atoms with Crippen LogP contribution in [0.2, 0.25) is 0 Å². The number of thioether (sulfide) groups is 1. The Morgan fingerprint density at radius 3 is 2.53 bits per heavy atom. The lowest BCUT2D eigenvalue weighted by Crippen LogP contribution is -2.45. The fourth-order valence-corrected chi connectivity index (χ4v) is 4.90. The van der Waals surface area contributed by atoms with Crippen molar-refractivity contribution in [3.8, 4) is 0 Å². The molecule has 0 unspecified atom stereocenters. The van der Waals surface area contributed by atoms with Crippen molar-refractivity contribution in [2.75, 3.05) is 18.1 Å². The van der Waals surface area contributed by atoms with Gasteiger partial charge in [0.25, 0.3) is 0 Å². The summed E-state index contributed by atoms with van der Waals surface area (Å²) in [7, 11) is 0. The molecule has 1 fully saturated rings. The molecule has 2 rings (SSSR count). The van der Waals surface area contributed by atoms with E-state index in [1.54, 1.807) is 0 Å². The first kappa shape index (κ1) is 13.4. The van der Waals surface area contributed by atoms with Crippen LogP contribution in [-0.4, -0.2) is 23.0 Å². The maximum absolute atomic E-state index is 4.89. The van der Waals surface area contributed by atoms with Gasteiger partial charge >= 0.3 is 0 Å². The molecule has 2 heterocycles. The van der Waals surface area contributed by atoms with E-state index in [0.29, 0.717) is 0 Å². The van der Waals surface area contributed by atoms with Gasteiger partial charge in [-0.15, -0.1) is 11.3 Å². The quantitative estimate of drug-likeness (QED) is 0.908. The van der Waals surface area contributed by atoms with Crippen molar-refractivity contribution in [3.05, 3.63) is 15.6 Å². The summed E-state index contributed by atoms with van der Waals surface area (Å²) in [6.07, 6.45) is 3.50. The Morgan fingerprint density at radius 2 is 2.00 bits per heavy atom. The fraction of sp³-hybridized carbons (Fsp3) is 0.769. The Balaban J connectivity index is 2.30. The molecule has 1 aromatic rings. The van der Waals surface area contributed by atoms with Crippen LogP contribution in [0, 0.1) is 6.92 Å². The molecule has 1 aliphatic heterocycles. The number of aromatic nitrogens is 1. The lowest BCUT2D eigenvalue weighted by molar-refractivity contribution is 0.313. The normalized spacial score (nSPS) is 19.5. The lowest BCUT2D eigenvalue weighted by atomic mass is 9.93. The zero-order chi connectivity index (χ0) is 12.3. The van der Waals surface area contributed by atoms with Crippen LogP contribution in [0.4, 0.5) is 0 Å². The van der Waals surface area contributed by atoms with Crippen LogP contribution in [0.15, 0.2) is 0 Å². The van der Waals surface area contributed by atoms with Gasteiger partial charge in [-0.2, -0.15) is 11.8 Å². The zero-order valence-corrected chi connectivity index (χ0v) is 12.6. The van der Waals surface area contributed by atoms with E-state index in [2.05, 4.69) is 37.8 Å². The average molecular weight is 270 g/mol. The summed E-state index contributed by atoms with van der Waals surface area (Å²) < 4.78 is 0. The molecule has 0 bridgehead atoms. The topological polar surface area (TPSA) is 24.9 Å². The third kappa shape index (κ3) is 2.69. The highest BCUT2D eigenvalue weighted by atomic mass is 32.2. The lowest BCUT2D eigenvalue weighted by Gasteiger charge is -2.36. The van der Waals surface area contributed by atoms with Crippen LogP contribution in [0.25, 0.3) is 0 Å². The molecule has 0 atom stereocenters. The molecule has 96 valence electrons. The second-order valence-electron chi connectivity index (χ2n) is 4.60. The van der Waals surface area contributed by atoms with E-state index in [4.69, 9.17) is 4.98 Å². The van der Waals surface area contributed by atoms with E-state index in [-0.39, 0.29) is 5.54 Å². The van der Waals surface area contributed by atoms with Gasteiger partial charge in [-0.3, -0.25) is 0 Å². The third-order valence-electron chi connectivity index (χ3n) is 3.50. The molecule has 17 heavy (non-hydrogen) atoms. The van der Waals surface area contributed by atoms with Gasteiger partial charge in [0.1, 0.15) is 5.01 Å². The predicted octanol–water partition coefficient (Wildman–Crippen LogP) is 3.35. The average Bonchev–Trinajstić information content (AvgIpc) is 2.73. The Bertz CT molecular complexity index is 362. The molecule has 0 amide bonds.